The molecule has 0 amide bonds. The quantitative estimate of drug-likeness (QED) is 0.757. The van der Waals surface area contributed by atoms with Crippen LogP contribution in [0.2, 0.25) is 0 Å². The number of nitrogens with one attached hydrogen (secondary N) is 1. The maximum atomic E-state index is 11.1. The van der Waals surface area contributed by atoms with Crippen LogP contribution in [0, 0.1) is 0 Å². The van der Waals surface area contributed by atoms with Crippen molar-refractivity contribution in [2.45, 2.75) is 0 Å². The lowest BCUT2D eigenvalue weighted by Gasteiger charge is -1.92. The zero-order valence-electron chi connectivity index (χ0n) is 7.35. The zero-order chi connectivity index (χ0) is 9.97. The van der Waals surface area contributed by atoms with E-state index in [2.05, 4.69) is 19.7 Å². The van der Waals surface area contributed by atoms with Crippen molar-refractivity contribution in [1.82, 2.24) is 15.0 Å². The molecule has 2 rings (SSSR count). The summed E-state index contributed by atoms with van der Waals surface area (Å²) in [6.45, 7) is 0. The van der Waals surface area contributed by atoms with E-state index in [-0.39, 0.29) is 0 Å². The molecule has 5 nitrogen and oxygen atoms in total. The Morgan fingerprint density at radius 1 is 1.57 bits per heavy atom. The summed E-state index contributed by atoms with van der Waals surface area (Å²) in [4.78, 5) is 22.0. The first-order chi connectivity index (χ1) is 6.81. The smallest absolute Gasteiger partial charge is 0.356 e. The summed E-state index contributed by atoms with van der Waals surface area (Å²) in [5.41, 5.74) is 2.76. The third-order valence-electron chi connectivity index (χ3n) is 1.66. The third-order valence-corrected chi connectivity index (χ3v) is 2.24. The van der Waals surface area contributed by atoms with Crippen molar-refractivity contribution in [3.8, 4) is 11.5 Å². The molecular formula is C8H7N3O2S. The minimum Gasteiger partial charge on any atom is -0.464 e. The van der Waals surface area contributed by atoms with E-state index in [0.29, 0.717) is 11.5 Å². The molecule has 0 bridgehead atoms. The number of carbonyl (C=O) groups excluding carboxylic acids is 1. The van der Waals surface area contributed by atoms with Gasteiger partial charge in [0, 0.05) is 5.38 Å². The number of methoxy groups -OCH3 is 1. The maximum Gasteiger partial charge on any atom is 0.356 e. The van der Waals surface area contributed by atoms with Crippen LogP contribution in [-0.2, 0) is 4.74 Å². The van der Waals surface area contributed by atoms with Crippen molar-refractivity contribution in [2.75, 3.05) is 7.11 Å². The zero-order valence-corrected chi connectivity index (χ0v) is 8.17. The third kappa shape index (κ3) is 1.51. The molecule has 2 aromatic rings. The average Bonchev–Trinajstić information content (AvgIpc) is 2.86. The molecule has 6 heteroatoms. The number of hydrogen-bond acceptors (Lipinski definition) is 5. The van der Waals surface area contributed by atoms with Gasteiger partial charge in [-0.25, -0.2) is 14.8 Å². The van der Waals surface area contributed by atoms with Crippen molar-refractivity contribution in [3.63, 3.8) is 0 Å². The number of nitrogens with zero attached hydrogens (tertiary/aromatic N) is 2. The van der Waals surface area contributed by atoms with Crippen LogP contribution in [0.4, 0.5) is 0 Å². The van der Waals surface area contributed by atoms with E-state index in [1.54, 1.807) is 5.51 Å². The number of carbonyl (C=O) groups is 1. The molecular weight excluding hydrogens is 202 g/mol. The number of hydrogen-bond donors (Lipinski definition) is 1. The lowest BCUT2D eigenvalue weighted by molar-refractivity contribution is 0.0595. The van der Waals surface area contributed by atoms with E-state index in [4.69, 9.17) is 0 Å². The minimum absolute atomic E-state index is 0.329. The van der Waals surface area contributed by atoms with Gasteiger partial charge in [-0.2, -0.15) is 0 Å². The molecule has 1 N–H and O–H groups in total. The van der Waals surface area contributed by atoms with Gasteiger partial charge in [0.2, 0.25) is 0 Å². The molecule has 0 atom stereocenters. The molecule has 0 radical (unpaired) electrons. The highest BCUT2D eigenvalue weighted by molar-refractivity contribution is 7.07. The molecule has 0 aliphatic carbocycles. The van der Waals surface area contributed by atoms with Crippen LogP contribution in [0.25, 0.3) is 11.5 Å². The Morgan fingerprint density at radius 2 is 2.43 bits per heavy atom. The summed E-state index contributed by atoms with van der Waals surface area (Å²) < 4.78 is 4.54. The van der Waals surface area contributed by atoms with Crippen LogP contribution in [0.5, 0.6) is 0 Å². The molecule has 0 unspecified atom stereocenters. The van der Waals surface area contributed by atoms with Crippen LogP contribution in [0.3, 0.4) is 0 Å². The average molecular weight is 209 g/mol. The van der Waals surface area contributed by atoms with Crippen molar-refractivity contribution < 1.29 is 9.53 Å². The first-order valence-corrected chi connectivity index (χ1v) is 4.77. The molecule has 72 valence electrons. The van der Waals surface area contributed by atoms with Crippen LogP contribution in [-0.4, -0.2) is 28.0 Å². The fourth-order valence-electron chi connectivity index (χ4n) is 0.995. The molecule has 2 heterocycles. The van der Waals surface area contributed by atoms with Crippen molar-refractivity contribution in [2.24, 2.45) is 0 Å². The summed E-state index contributed by atoms with van der Waals surface area (Å²) in [5, 5.41) is 1.85. The molecule has 0 fully saturated rings. The second kappa shape index (κ2) is 3.59. The minimum atomic E-state index is -0.432. The Labute approximate surface area is 83.8 Å². The summed E-state index contributed by atoms with van der Waals surface area (Å²) in [7, 11) is 1.33. The van der Waals surface area contributed by atoms with Gasteiger partial charge < -0.3 is 9.72 Å². The Morgan fingerprint density at radius 3 is 3.07 bits per heavy atom. The number of imidazole rings is 1. The van der Waals surface area contributed by atoms with E-state index < -0.39 is 5.97 Å². The van der Waals surface area contributed by atoms with Gasteiger partial charge in [0.1, 0.15) is 11.4 Å². The lowest BCUT2D eigenvalue weighted by Crippen LogP contribution is -2.00. The van der Waals surface area contributed by atoms with Gasteiger partial charge in [-0.3, -0.25) is 0 Å². The summed E-state index contributed by atoms with van der Waals surface area (Å²) >= 11 is 1.47. The van der Waals surface area contributed by atoms with E-state index in [1.807, 2.05) is 5.38 Å². The molecule has 0 saturated carbocycles. The van der Waals surface area contributed by atoms with Crippen LogP contribution >= 0.6 is 11.3 Å². The highest BCUT2D eigenvalue weighted by Crippen LogP contribution is 2.15. The lowest BCUT2D eigenvalue weighted by atomic mass is 10.5. The van der Waals surface area contributed by atoms with Gasteiger partial charge in [-0.05, 0) is 0 Å². The number of rotatable bonds is 2. The number of thiazole rings is 1. The Hall–Kier alpha value is -1.69. The second-order valence-electron chi connectivity index (χ2n) is 2.51. The molecule has 2 aromatic heterocycles. The first kappa shape index (κ1) is 8.89. The van der Waals surface area contributed by atoms with Crippen LogP contribution in [0.1, 0.15) is 10.5 Å². The topological polar surface area (TPSA) is 67.9 Å². The number of aromatic amines is 1. The summed E-state index contributed by atoms with van der Waals surface area (Å²) in [6.07, 6.45) is 1.43. The Balaban J connectivity index is 2.31. The Bertz CT molecular complexity index is 435. The van der Waals surface area contributed by atoms with E-state index >= 15 is 0 Å². The largest absolute Gasteiger partial charge is 0.464 e. The number of ether oxygens (including phenoxy) is 1. The summed E-state index contributed by atoms with van der Waals surface area (Å²) in [6, 6.07) is 0. The van der Waals surface area contributed by atoms with Crippen molar-refractivity contribution in [1.29, 1.82) is 0 Å². The van der Waals surface area contributed by atoms with Crippen LogP contribution in [0.15, 0.2) is 17.1 Å². The highest BCUT2D eigenvalue weighted by Gasteiger charge is 2.10. The van der Waals surface area contributed by atoms with Crippen LogP contribution < -0.4 is 0 Å². The SMILES string of the molecule is COC(=O)c1cnc(-c2cscn2)[nH]1. The number of H-pyrrole nitrogens is 1. The number of aromatic nitrogens is 3. The molecule has 0 aliphatic heterocycles. The van der Waals surface area contributed by atoms with Crippen molar-refractivity contribution >= 4 is 17.3 Å². The first-order valence-electron chi connectivity index (χ1n) is 3.83. The normalized spacial score (nSPS) is 10.1. The molecule has 0 aromatic carbocycles. The van der Waals surface area contributed by atoms with Gasteiger partial charge in [0.05, 0.1) is 18.8 Å². The monoisotopic (exact) mass is 209 g/mol. The Kier molecular flexibility index (Phi) is 2.28. The van der Waals surface area contributed by atoms with E-state index in [9.17, 15) is 4.79 Å². The number of esters is 1. The van der Waals surface area contributed by atoms with Crippen molar-refractivity contribution in [3.05, 3.63) is 22.8 Å². The predicted octanol–water partition coefficient (Wildman–Crippen LogP) is 1.32. The maximum absolute atomic E-state index is 11.1. The summed E-state index contributed by atoms with van der Waals surface area (Å²) in [5.74, 6) is 0.144. The van der Waals surface area contributed by atoms with Gasteiger partial charge in [-0.1, -0.05) is 0 Å². The van der Waals surface area contributed by atoms with Gasteiger partial charge >= 0.3 is 5.97 Å². The standard InChI is InChI=1S/C8H7N3O2S/c1-13-8(12)5-2-9-7(11-5)6-3-14-4-10-6/h2-4H,1H3,(H,9,11). The molecule has 14 heavy (non-hydrogen) atoms. The highest BCUT2D eigenvalue weighted by atomic mass is 32.1. The van der Waals surface area contributed by atoms with Gasteiger partial charge in [0.15, 0.2) is 5.82 Å². The van der Waals surface area contributed by atoms with E-state index in [0.717, 1.165) is 5.69 Å². The van der Waals surface area contributed by atoms with Gasteiger partial charge in [0.25, 0.3) is 0 Å². The molecule has 0 aliphatic rings. The molecule has 0 spiro atoms. The second-order valence-corrected chi connectivity index (χ2v) is 3.23. The van der Waals surface area contributed by atoms with Gasteiger partial charge in [-0.15, -0.1) is 11.3 Å². The molecule has 0 saturated heterocycles. The van der Waals surface area contributed by atoms with E-state index in [1.165, 1.54) is 24.6 Å². The fraction of sp³-hybridized carbons (Fsp3) is 0.125. The predicted molar refractivity (Wildman–Crippen MR) is 51.0 cm³/mol. The fourth-order valence-corrected chi connectivity index (χ4v) is 1.53.